The summed E-state index contributed by atoms with van der Waals surface area (Å²) in [5.41, 5.74) is 4.81. The molecule has 0 bridgehead atoms. The van der Waals surface area contributed by atoms with Gasteiger partial charge in [-0.2, -0.15) is 0 Å². The van der Waals surface area contributed by atoms with Gasteiger partial charge in [-0.3, -0.25) is 0 Å². The maximum absolute atomic E-state index is 5.89. The Morgan fingerprint density at radius 2 is 1.61 bits per heavy atom. The Bertz CT molecular complexity index is 761. The molecule has 33 heavy (non-hydrogen) atoms. The van der Waals surface area contributed by atoms with E-state index in [1.54, 1.807) is 5.54 Å². The first-order chi connectivity index (χ1) is 16.3. The van der Waals surface area contributed by atoms with Gasteiger partial charge in [0.05, 0.1) is 6.61 Å². The van der Waals surface area contributed by atoms with Crippen molar-refractivity contribution in [1.82, 2.24) is 0 Å². The number of hydrogen-bond donors (Lipinski definition) is 0. The lowest BCUT2D eigenvalue weighted by Gasteiger charge is -2.09. The van der Waals surface area contributed by atoms with E-state index in [2.05, 4.69) is 49.4 Å². The van der Waals surface area contributed by atoms with Gasteiger partial charge in [0.1, 0.15) is 12.4 Å². The van der Waals surface area contributed by atoms with E-state index >= 15 is 0 Å². The Hall–Kier alpha value is -1.77. The predicted octanol–water partition coefficient (Wildman–Crippen LogP) is 9.54. The molecule has 0 spiro atoms. The SMILES string of the molecule is CCCCC/C=C\C/C=C\CCCCCCCCOCc1ccc2c(c1)C=C/C(=C/Cl)CO2. The zero-order valence-corrected chi connectivity index (χ0v) is 21.3. The normalized spacial score (nSPS) is 14.8. The second kappa shape index (κ2) is 18.6. The smallest absolute Gasteiger partial charge is 0.127 e. The van der Waals surface area contributed by atoms with Crippen molar-refractivity contribution in [3.8, 4) is 5.75 Å². The Balaban J connectivity index is 1.43. The quantitative estimate of drug-likeness (QED) is 0.166. The first-order valence-electron chi connectivity index (χ1n) is 12.9. The van der Waals surface area contributed by atoms with Gasteiger partial charge in [0.25, 0.3) is 0 Å². The van der Waals surface area contributed by atoms with Crippen LogP contribution in [-0.2, 0) is 11.3 Å². The van der Waals surface area contributed by atoms with E-state index in [-0.39, 0.29) is 0 Å². The van der Waals surface area contributed by atoms with E-state index in [9.17, 15) is 0 Å². The van der Waals surface area contributed by atoms with Crippen LogP contribution in [0.5, 0.6) is 5.75 Å². The van der Waals surface area contributed by atoms with Crippen molar-refractivity contribution in [2.24, 2.45) is 0 Å². The van der Waals surface area contributed by atoms with Gasteiger partial charge in [-0.05, 0) is 56.2 Å². The number of hydrogen-bond acceptors (Lipinski definition) is 2. The molecule has 1 heterocycles. The standard InChI is InChI=1S/C30H43ClO2/c1-2-3-4-5-6-7-8-9-10-11-12-13-14-15-16-17-22-32-25-27-19-21-30-29(23-27)20-18-28(24-31)26-33-30/h6-7,9-10,18-21,23-24H,2-5,8,11-17,22,25-26H2,1H3/b7-6-,10-9-,28-24-. The van der Waals surface area contributed by atoms with Gasteiger partial charge in [-0.25, -0.2) is 0 Å². The Morgan fingerprint density at radius 3 is 2.36 bits per heavy atom. The van der Waals surface area contributed by atoms with Crippen LogP contribution in [0.1, 0.15) is 95.1 Å². The van der Waals surface area contributed by atoms with E-state index in [4.69, 9.17) is 21.1 Å². The summed E-state index contributed by atoms with van der Waals surface area (Å²) in [7, 11) is 0. The molecule has 0 amide bonds. The zero-order chi connectivity index (χ0) is 23.4. The van der Waals surface area contributed by atoms with Gasteiger partial charge >= 0.3 is 0 Å². The third kappa shape index (κ3) is 12.9. The molecule has 0 saturated heterocycles. The third-order valence-corrected chi connectivity index (χ3v) is 6.12. The van der Waals surface area contributed by atoms with E-state index < -0.39 is 0 Å². The molecule has 2 rings (SSSR count). The Labute approximate surface area is 207 Å². The van der Waals surface area contributed by atoms with Crippen molar-refractivity contribution in [2.75, 3.05) is 13.2 Å². The van der Waals surface area contributed by atoms with Gasteiger partial charge in [-0.15, -0.1) is 0 Å². The summed E-state index contributed by atoms with van der Waals surface area (Å²) >= 11 is 5.80. The van der Waals surface area contributed by atoms with Crippen LogP contribution in [0.2, 0.25) is 0 Å². The summed E-state index contributed by atoms with van der Waals surface area (Å²) in [6, 6.07) is 6.25. The molecule has 2 nitrogen and oxygen atoms in total. The molecular weight excluding hydrogens is 428 g/mol. The average molecular weight is 471 g/mol. The molecule has 0 saturated carbocycles. The summed E-state index contributed by atoms with van der Waals surface area (Å²) in [6.45, 7) is 4.25. The third-order valence-electron chi connectivity index (χ3n) is 5.84. The lowest BCUT2D eigenvalue weighted by molar-refractivity contribution is 0.116. The Kier molecular flexibility index (Phi) is 15.5. The molecule has 0 N–H and O–H groups in total. The van der Waals surface area contributed by atoms with Gasteiger partial charge in [0.2, 0.25) is 0 Å². The highest BCUT2D eigenvalue weighted by Gasteiger charge is 2.08. The zero-order valence-electron chi connectivity index (χ0n) is 20.6. The van der Waals surface area contributed by atoms with E-state index in [0.29, 0.717) is 13.2 Å². The highest BCUT2D eigenvalue weighted by molar-refractivity contribution is 6.25. The lowest BCUT2D eigenvalue weighted by Crippen LogP contribution is -1.99. The fourth-order valence-corrected chi connectivity index (χ4v) is 3.94. The highest BCUT2D eigenvalue weighted by atomic mass is 35.5. The number of rotatable bonds is 17. The fourth-order valence-electron chi connectivity index (χ4n) is 3.81. The molecule has 1 aliphatic heterocycles. The monoisotopic (exact) mass is 470 g/mol. The average Bonchev–Trinajstić information content (AvgIpc) is 3.05. The van der Waals surface area contributed by atoms with Crippen LogP contribution in [0, 0.1) is 0 Å². The molecule has 3 heteroatoms. The summed E-state index contributed by atoms with van der Waals surface area (Å²) in [5, 5.41) is 0. The lowest BCUT2D eigenvalue weighted by atomic mass is 10.1. The van der Waals surface area contributed by atoms with Gasteiger partial charge in [0.15, 0.2) is 0 Å². The van der Waals surface area contributed by atoms with Crippen LogP contribution in [0.15, 0.2) is 59.7 Å². The number of halogens is 1. The number of benzene rings is 1. The highest BCUT2D eigenvalue weighted by Crippen LogP contribution is 2.26. The predicted molar refractivity (Wildman–Crippen MR) is 144 cm³/mol. The first-order valence-corrected chi connectivity index (χ1v) is 13.4. The van der Waals surface area contributed by atoms with Crippen molar-refractivity contribution in [1.29, 1.82) is 0 Å². The van der Waals surface area contributed by atoms with Crippen LogP contribution in [0.4, 0.5) is 0 Å². The topological polar surface area (TPSA) is 18.5 Å². The van der Waals surface area contributed by atoms with Crippen LogP contribution in [0.3, 0.4) is 0 Å². The molecule has 182 valence electrons. The minimum Gasteiger partial charge on any atom is -0.488 e. The largest absolute Gasteiger partial charge is 0.488 e. The maximum atomic E-state index is 5.89. The Morgan fingerprint density at radius 1 is 0.879 bits per heavy atom. The van der Waals surface area contributed by atoms with E-state index in [1.165, 1.54) is 69.8 Å². The number of unbranched alkanes of at least 4 members (excludes halogenated alkanes) is 9. The molecule has 0 aliphatic carbocycles. The molecule has 1 aromatic carbocycles. The fraction of sp³-hybridized carbons (Fsp3) is 0.533. The van der Waals surface area contributed by atoms with Crippen LogP contribution < -0.4 is 4.74 Å². The molecule has 1 aliphatic rings. The van der Waals surface area contributed by atoms with Crippen molar-refractivity contribution < 1.29 is 9.47 Å². The van der Waals surface area contributed by atoms with Gasteiger partial charge in [0, 0.05) is 23.3 Å². The molecule has 0 radical (unpaired) electrons. The van der Waals surface area contributed by atoms with Crippen molar-refractivity contribution >= 4 is 17.7 Å². The van der Waals surface area contributed by atoms with Gasteiger partial charge in [-0.1, -0.05) is 99.6 Å². The van der Waals surface area contributed by atoms with Crippen LogP contribution in [0.25, 0.3) is 6.08 Å². The summed E-state index contributed by atoms with van der Waals surface area (Å²) < 4.78 is 11.7. The molecule has 0 fully saturated rings. The van der Waals surface area contributed by atoms with Crippen LogP contribution in [-0.4, -0.2) is 13.2 Å². The van der Waals surface area contributed by atoms with Gasteiger partial charge < -0.3 is 9.47 Å². The molecule has 0 aromatic heterocycles. The van der Waals surface area contributed by atoms with E-state index in [1.807, 2.05) is 12.1 Å². The van der Waals surface area contributed by atoms with E-state index in [0.717, 1.165) is 36.3 Å². The second-order valence-corrected chi connectivity index (χ2v) is 9.03. The summed E-state index contributed by atoms with van der Waals surface area (Å²) in [4.78, 5) is 0. The molecular formula is C30H43ClO2. The first kappa shape index (κ1) is 27.5. The molecule has 0 atom stereocenters. The van der Waals surface area contributed by atoms with Crippen molar-refractivity contribution in [3.63, 3.8) is 0 Å². The molecule has 1 aromatic rings. The number of allylic oxidation sites excluding steroid dienone is 4. The van der Waals surface area contributed by atoms with Crippen molar-refractivity contribution in [2.45, 2.75) is 90.6 Å². The minimum absolute atomic E-state index is 0.510. The minimum atomic E-state index is 0.510. The maximum Gasteiger partial charge on any atom is 0.127 e. The molecule has 0 unspecified atom stereocenters. The summed E-state index contributed by atoms with van der Waals surface area (Å²) in [5.74, 6) is 0.897. The second-order valence-electron chi connectivity index (χ2n) is 8.82. The number of ether oxygens (including phenoxy) is 2. The van der Waals surface area contributed by atoms with Crippen LogP contribution >= 0.6 is 11.6 Å². The van der Waals surface area contributed by atoms with Crippen molar-refractivity contribution in [3.05, 3.63) is 70.8 Å². The summed E-state index contributed by atoms with van der Waals surface area (Å²) in [6.07, 6.45) is 28.6. The number of fused-ring (bicyclic) bond motifs is 1.